The molecule has 4 nitrogen and oxygen atoms in total. The molecule has 1 unspecified atom stereocenters. The Morgan fingerprint density at radius 3 is 2.50 bits per heavy atom. The van der Waals surface area contributed by atoms with Crippen molar-refractivity contribution >= 4 is 5.97 Å². The molecule has 1 aliphatic carbocycles. The first-order valence-corrected chi connectivity index (χ1v) is 3.83. The largest absolute Gasteiger partial charge is 1.00 e. The summed E-state index contributed by atoms with van der Waals surface area (Å²) in [6.45, 7) is -0.328. The number of aliphatic hydroxyl groups is 1. The van der Waals surface area contributed by atoms with E-state index in [4.69, 9.17) is 10.2 Å². The zero-order valence-electron chi connectivity index (χ0n) is 8.29. The van der Waals surface area contributed by atoms with Crippen LogP contribution in [-0.4, -0.2) is 34.9 Å². The summed E-state index contributed by atoms with van der Waals surface area (Å²) in [7, 11) is 0. The van der Waals surface area contributed by atoms with Crippen LogP contribution in [0.1, 0.15) is 20.7 Å². The number of carboxylic acid groups (broad SMARTS) is 1. The molecule has 0 saturated heterocycles. The van der Waals surface area contributed by atoms with Gasteiger partial charge in [-0.25, -0.2) is 0 Å². The molecule has 0 bridgehead atoms. The Morgan fingerprint density at radius 2 is 2.25 bits per heavy atom. The molecule has 1 saturated carbocycles. The molecule has 0 heterocycles. The molecule has 5 heteroatoms. The van der Waals surface area contributed by atoms with Crippen molar-refractivity contribution in [3.05, 3.63) is 0 Å². The average molecular weight is 183 g/mol. The van der Waals surface area contributed by atoms with Crippen molar-refractivity contribution in [1.29, 1.82) is 0 Å². The maximum absolute atomic E-state index is 10.4. The normalized spacial score (nSPS) is 19.1. The summed E-state index contributed by atoms with van der Waals surface area (Å²) in [4.78, 5) is 10.4. The first-order valence-electron chi connectivity index (χ1n) is 3.83. The summed E-state index contributed by atoms with van der Waals surface area (Å²) >= 11 is 0. The van der Waals surface area contributed by atoms with Crippen molar-refractivity contribution in [3.8, 4) is 0 Å². The van der Waals surface area contributed by atoms with E-state index >= 15 is 0 Å². The minimum atomic E-state index is -0.973. The maximum Gasteiger partial charge on any atom is 1.00 e. The number of rotatable bonds is 4. The molecule has 1 atom stereocenters. The average Bonchev–Trinajstić information content (AvgIpc) is 1.85. The van der Waals surface area contributed by atoms with Crippen LogP contribution in [-0.2, 0) is 4.79 Å². The van der Waals surface area contributed by atoms with Crippen LogP contribution in [0.5, 0.6) is 0 Å². The van der Waals surface area contributed by atoms with Crippen LogP contribution in [0.25, 0.3) is 0 Å². The van der Waals surface area contributed by atoms with E-state index < -0.39 is 12.0 Å². The summed E-state index contributed by atoms with van der Waals surface area (Å²) in [5.74, 6) is -0.973. The minimum absolute atomic E-state index is 0. The number of hydrogen-bond acceptors (Lipinski definition) is 3. The van der Waals surface area contributed by atoms with Gasteiger partial charge in [0.15, 0.2) is 0 Å². The summed E-state index contributed by atoms with van der Waals surface area (Å²) in [5, 5.41) is 20.0. The van der Waals surface area contributed by atoms with Gasteiger partial charge >= 0.3 is 35.5 Å². The van der Waals surface area contributed by atoms with E-state index in [-0.39, 0.29) is 37.6 Å². The molecular formula is C7H14NNaO3. The first kappa shape index (κ1) is 12.4. The van der Waals surface area contributed by atoms with E-state index in [2.05, 4.69) is 5.32 Å². The van der Waals surface area contributed by atoms with Crippen molar-refractivity contribution in [3.63, 3.8) is 0 Å². The summed E-state index contributed by atoms with van der Waals surface area (Å²) < 4.78 is 0. The first-order chi connectivity index (χ1) is 5.24. The van der Waals surface area contributed by atoms with Crippen molar-refractivity contribution in [2.45, 2.75) is 31.3 Å². The fraction of sp³-hybridized carbons (Fsp3) is 0.857. The number of aliphatic hydroxyl groups excluding tert-OH is 1. The minimum Gasteiger partial charge on any atom is -1.00 e. The van der Waals surface area contributed by atoms with E-state index in [1.165, 1.54) is 0 Å². The van der Waals surface area contributed by atoms with Gasteiger partial charge in [0.25, 0.3) is 0 Å². The summed E-state index contributed by atoms with van der Waals surface area (Å²) in [6.07, 6.45) is 3.23. The van der Waals surface area contributed by atoms with Crippen LogP contribution < -0.4 is 34.9 Å². The maximum atomic E-state index is 10.4. The van der Waals surface area contributed by atoms with E-state index in [0.717, 1.165) is 19.3 Å². The third-order valence-corrected chi connectivity index (χ3v) is 2.02. The zero-order chi connectivity index (χ0) is 8.27. The van der Waals surface area contributed by atoms with Crippen molar-refractivity contribution in [2.75, 3.05) is 6.61 Å². The standard InChI is InChI=1S/C7H13NO3.Na.H/c9-4-6(7(10)11)8-5-2-1-3-5;;/h5-6,8-9H,1-4H2,(H,10,11);;/q;+1;-1. The van der Waals surface area contributed by atoms with Gasteiger partial charge in [0.2, 0.25) is 0 Å². The van der Waals surface area contributed by atoms with Gasteiger partial charge in [-0.2, -0.15) is 0 Å². The Kier molecular flexibility index (Phi) is 6.13. The van der Waals surface area contributed by atoms with Crippen LogP contribution in [0.2, 0.25) is 0 Å². The molecule has 66 valence electrons. The Balaban J connectivity index is 0. The quantitative estimate of drug-likeness (QED) is 0.399. The van der Waals surface area contributed by atoms with Gasteiger partial charge in [0, 0.05) is 6.04 Å². The number of aliphatic carboxylic acids is 1. The SMILES string of the molecule is O=C(O)C(CO)NC1CCC1.[H-].[Na+]. The van der Waals surface area contributed by atoms with Crippen LogP contribution in [0, 0.1) is 0 Å². The van der Waals surface area contributed by atoms with Crippen molar-refractivity contribution in [2.24, 2.45) is 0 Å². The number of carbonyl (C=O) groups is 1. The molecule has 0 aromatic heterocycles. The topological polar surface area (TPSA) is 69.6 Å². The van der Waals surface area contributed by atoms with Gasteiger partial charge in [-0.15, -0.1) is 0 Å². The van der Waals surface area contributed by atoms with Gasteiger partial charge in [-0.05, 0) is 12.8 Å². The second-order valence-electron chi connectivity index (χ2n) is 2.87. The second-order valence-corrected chi connectivity index (χ2v) is 2.87. The van der Waals surface area contributed by atoms with Gasteiger partial charge in [0.05, 0.1) is 6.61 Å². The van der Waals surface area contributed by atoms with Crippen molar-refractivity contribution in [1.82, 2.24) is 5.32 Å². The molecule has 3 N–H and O–H groups in total. The Bertz CT molecular complexity index is 155. The smallest absolute Gasteiger partial charge is 1.00 e. The van der Waals surface area contributed by atoms with E-state index in [0.29, 0.717) is 6.04 Å². The Morgan fingerprint density at radius 1 is 1.67 bits per heavy atom. The molecular weight excluding hydrogens is 169 g/mol. The fourth-order valence-electron chi connectivity index (χ4n) is 1.06. The van der Waals surface area contributed by atoms with Gasteiger partial charge < -0.3 is 11.6 Å². The molecule has 0 spiro atoms. The van der Waals surface area contributed by atoms with E-state index in [9.17, 15) is 4.79 Å². The fourth-order valence-corrected chi connectivity index (χ4v) is 1.06. The third-order valence-electron chi connectivity index (χ3n) is 2.02. The predicted molar refractivity (Wildman–Crippen MR) is 40.4 cm³/mol. The van der Waals surface area contributed by atoms with E-state index in [1.807, 2.05) is 0 Å². The molecule has 12 heavy (non-hydrogen) atoms. The number of nitrogens with one attached hydrogen (secondary N) is 1. The molecule has 1 fully saturated rings. The Labute approximate surface area is 95.1 Å². The molecule has 0 aromatic carbocycles. The third kappa shape index (κ3) is 3.41. The second kappa shape index (κ2) is 5.94. The van der Waals surface area contributed by atoms with Crippen LogP contribution in [0.3, 0.4) is 0 Å². The molecule has 1 rings (SSSR count). The van der Waals surface area contributed by atoms with Gasteiger partial charge in [0.1, 0.15) is 6.04 Å². The number of carboxylic acids is 1. The van der Waals surface area contributed by atoms with Crippen molar-refractivity contribution < 1.29 is 46.0 Å². The molecule has 0 aromatic rings. The molecule has 1 aliphatic rings. The summed E-state index contributed by atoms with van der Waals surface area (Å²) in [6, 6.07) is -0.469. The zero-order valence-corrected chi connectivity index (χ0v) is 9.29. The monoisotopic (exact) mass is 183 g/mol. The van der Waals surface area contributed by atoms with Crippen LogP contribution in [0.15, 0.2) is 0 Å². The predicted octanol–water partition coefficient (Wildman–Crippen LogP) is -3.31. The van der Waals surface area contributed by atoms with Gasteiger partial charge in [-0.3, -0.25) is 10.1 Å². The molecule has 0 radical (unpaired) electrons. The van der Waals surface area contributed by atoms with E-state index in [1.54, 1.807) is 0 Å². The molecule has 0 amide bonds. The summed E-state index contributed by atoms with van der Waals surface area (Å²) in [5.41, 5.74) is 0. The van der Waals surface area contributed by atoms with Crippen LogP contribution >= 0.6 is 0 Å². The number of hydrogen-bond donors (Lipinski definition) is 3. The van der Waals surface area contributed by atoms with Gasteiger partial charge in [-0.1, -0.05) is 6.42 Å². The van der Waals surface area contributed by atoms with Crippen LogP contribution in [0.4, 0.5) is 0 Å². The Hall–Kier alpha value is 0.390. The molecule has 0 aliphatic heterocycles.